The molecule has 0 aliphatic carbocycles. The monoisotopic (exact) mass is 564 g/mol. The molecule has 1 aliphatic heterocycles. The zero-order valence-electron chi connectivity index (χ0n) is 23.8. The Morgan fingerprint density at radius 3 is 2.51 bits per heavy atom. The van der Waals surface area contributed by atoms with E-state index in [0.717, 1.165) is 0 Å². The number of fused-ring (bicyclic) bond motifs is 1. The van der Waals surface area contributed by atoms with E-state index in [2.05, 4.69) is 21.1 Å². The number of hydrogen-bond acceptors (Lipinski definition) is 7. The number of carbonyl (C=O) groups is 3. The Balaban J connectivity index is 1.63. The minimum atomic E-state index is -0.573. The van der Waals surface area contributed by atoms with Gasteiger partial charge in [-0.15, -0.1) is 0 Å². The van der Waals surface area contributed by atoms with Crippen LogP contribution < -0.4 is 20.7 Å². The maximum Gasteiger partial charge on any atom is 0.323 e. The number of anilines is 3. The van der Waals surface area contributed by atoms with E-state index in [1.807, 2.05) is 13.0 Å². The summed E-state index contributed by atoms with van der Waals surface area (Å²) in [5.41, 5.74) is 2.19. The predicted octanol–water partition coefficient (Wildman–Crippen LogP) is 4.32. The van der Waals surface area contributed by atoms with E-state index in [0.29, 0.717) is 28.5 Å². The lowest BCUT2D eigenvalue weighted by Crippen LogP contribution is -2.50. The first-order chi connectivity index (χ1) is 19.6. The molecule has 4 N–H and O–H groups in total. The molecule has 0 unspecified atom stereocenters. The number of aryl methyl sites for hydroxylation is 2. The van der Waals surface area contributed by atoms with Gasteiger partial charge in [-0.2, -0.15) is 0 Å². The molecule has 0 saturated carbocycles. The van der Waals surface area contributed by atoms with E-state index >= 15 is 0 Å². The molecule has 218 valence electrons. The number of amides is 5. The van der Waals surface area contributed by atoms with Crippen LogP contribution in [0.25, 0.3) is 0 Å². The van der Waals surface area contributed by atoms with Gasteiger partial charge in [0, 0.05) is 25.2 Å². The molecule has 12 heteroatoms. The first-order valence-electron chi connectivity index (χ1n) is 13.4. The minimum Gasteiger partial charge on any atom is -0.485 e. The smallest absolute Gasteiger partial charge is 0.323 e. The normalized spacial score (nSPS) is 17.4. The van der Waals surface area contributed by atoms with Crippen molar-refractivity contribution in [2.45, 2.75) is 39.8 Å². The fourth-order valence-electron chi connectivity index (χ4n) is 4.58. The number of carbonyl (C=O) groups excluding carboxylic acids is 3. The van der Waals surface area contributed by atoms with Gasteiger partial charge in [0.05, 0.1) is 30.4 Å². The molecule has 0 fully saturated rings. The summed E-state index contributed by atoms with van der Waals surface area (Å²) in [4.78, 5) is 42.7. The number of rotatable bonds is 7. The van der Waals surface area contributed by atoms with E-state index in [4.69, 9.17) is 9.26 Å². The average molecular weight is 565 g/mol. The summed E-state index contributed by atoms with van der Waals surface area (Å²) in [6.45, 7) is 7.35. The largest absolute Gasteiger partial charge is 0.485 e. The number of aliphatic hydroxyl groups is 1. The number of aromatic nitrogens is 1. The van der Waals surface area contributed by atoms with Crippen molar-refractivity contribution in [1.82, 2.24) is 15.0 Å². The quantitative estimate of drug-likeness (QED) is 0.334. The number of benzene rings is 2. The van der Waals surface area contributed by atoms with Gasteiger partial charge in [-0.3, -0.25) is 4.79 Å². The molecular formula is C29H36N6O6. The maximum absolute atomic E-state index is 13.7. The number of nitrogens with zero attached hydrogens (tertiary/aromatic N) is 3. The Morgan fingerprint density at radius 2 is 1.85 bits per heavy atom. The van der Waals surface area contributed by atoms with E-state index in [-0.39, 0.29) is 48.9 Å². The van der Waals surface area contributed by atoms with Crippen LogP contribution in [0.1, 0.15) is 35.7 Å². The lowest BCUT2D eigenvalue weighted by molar-refractivity contribution is 0.0373. The molecule has 0 radical (unpaired) electrons. The van der Waals surface area contributed by atoms with Crippen molar-refractivity contribution in [3.8, 4) is 5.75 Å². The number of para-hydroxylation sites is 2. The summed E-state index contributed by atoms with van der Waals surface area (Å²) >= 11 is 0. The van der Waals surface area contributed by atoms with Gasteiger partial charge in [-0.1, -0.05) is 36.3 Å². The molecule has 3 aromatic rings. The van der Waals surface area contributed by atoms with Crippen LogP contribution in [0.2, 0.25) is 0 Å². The molecule has 0 saturated heterocycles. The Bertz CT molecular complexity index is 1370. The van der Waals surface area contributed by atoms with Crippen LogP contribution in [0.15, 0.2) is 53.1 Å². The van der Waals surface area contributed by atoms with E-state index < -0.39 is 18.2 Å². The summed E-state index contributed by atoms with van der Waals surface area (Å²) < 4.78 is 11.6. The SMILES string of the molecule is Cc1noc(C)c1NC(=O)N(C)C[C@H]1Oc2c(NC(=O)Nc3ccccc3)cccc2C(=O)N([C@H](C)CO)C[C@H]1C. The molecule has 1 aromatic heterocycles. The van der Waals surface area contributed by atoms with Crippen molar-refractivity contribution in [1.29, 1.82) is 0 Å². The number of hydrogen-bond donors (Lipinski definition) is 4. The molecule has 41 heavy (non-hydrogen) atoms. The van der Waals surface area contributed by atoms with Crippen molar-refractivity contribution in [3.05, 3.63) is 65.5 Å². The van der Waals surface area contributed by atoms with Gasteiger partial charge in [-0.05, 0) is 45.0 Å². The van der Waals surface area contributed by atoms with Gasteiger partial charge in [0.25, 0.3) is 5.91 Å². The summed E-state index contributed by atoms with van der Waals surface area (Å²) in [7, 11) is 1.64. The molecule has 5 amide bonds. The van der Waals surface area contributed by atoms with Crippen molar-refractivity contribution < 1.29 is 28.8 Å². The third kappa shape index (κ3) is 6.77. The molecule has 0 spiro atoms. The number of urea groups is 2. The molecule has 2 aromatic carbocycles. The lowest BCUT2D eigenvalue weighted by atomic mass is 9.99. The lowest BCUT2D eigenvalue weighted by Gasteiger charge is -2.38. The molecule has 3 atom stereocenters. The Labute approximate surface area is 238 Å². The topological polar surface area (TPSA) is 149 Å². The van der Waals surface area contributed by atoms with E-state index in [1.54, 1.807) is 75.2 Å². The standard InChI is InChI=1S/C29H36N6O6/c1-17-14-35(18(2)16-36)27(37)22-12-9-13-23(31-28(38)30-21-10-7-6-8-11-21)26(22)40-24(17)15-34(5)29(39)32-25-19(3)33-41-20(25)4/h6-13,17-18,24,36H,14-16H2,1-5H3,(H,32,39)(H2,30,31,38)/t17-,18-,24-/m1/s1. The molecular weight excluding hydrogens is 528 g/mol. The second-order valence-corrected chi connectivity index (χ2v) is 10.3. The number of likely N-dealkylation sites (N-methyl/N-ethyl adjacent to an activating group) is 1. The van der Waals surface area contributed by atoms with Gasteiger partial charge >= 0.3 is 12.1 Å². The molecule has 2 heterocycles. The first-order valence-corrected chi connectivity index (χ1v) is 13.4. The number of nitrogens with one attached hydrogen (secondary N) is 3. The minimum absolute atomic E-state index is 0.163. The highest BCUT2D eigenvalue weighted by molar-refractivity contribution is 6.04. The van der Waals surface area contributed by atoms with Crippen molar-refractivity contribution >= 4 is 35.0 Å². The second kappa shape index (κ2) is 12.7. The first kappa shape index (κ1) is 29.4. The van der Waals surface area contributed by atoms with Crippen LogP contribution in [-0.4, -0.2) is 76.9 Å². The fraction of sp³-hybridized carbons (Fsp3) is 0.379. The summed E-state index contributed by atoms with van der Waals surface area (Å²) in [6, 6.07) is 12.5. The molecule has 1 aliphatic rings. The third-order valence-electron chi connectivity index (χ3n) is 7.04. The van der Waals surface area contributed by atoms with Gasteiger partial charge in [0.1, 0.15) is 17.5 Å². The second-order valence-electron chi connectivity index (χ2n) is 10.3. The Hall–Kier alpha value is -4.58. The summed E-state index contributed by atoms with van der Waals surface area (Å²) in [6.07, 6.45) is -0.573. The molecule has 12 nitrogen and oxygen atoms in total. The highest BCUT2D eigenvalue weighted by Crippen LogP contribution is 2.35. The Kier molecular flexibility index (Phi) is 9.13. The van der Waals surface area contributed by atoms with E-state index in [9.17, 15) is 19.5 Å². The summed E-state index contributed by atoms with van der Waals surface area (Å²) in [5, 5.41) is 22.2. The van der Waals surface area contributed by atoms with Crippen LogP contribution in [0.5, 0.6) is 5.75 Å². The van der Waals surface area contributed by atoms with Gasteiger partial charge in [0.15, 0.2) is 11.5 Å². The Morgan fingerprint density at radius 1 is 1.12 bits per heavy atom. The van der Waals surface area contributed by atoms with Crippen LogP contribution >= 0.6 is 0 Å². The van der Waals surface area contributed by atoms with Crippen molar-refractivity contribution in [2.75, 3.05) is 42.7 Å². The van der Waals surface area contributed by atoms with Crippen LogP contribution in [-0.2, 0) is 0 Å². The zero-order chi connectivity index (χ0) is 29.7. The fourth-order valence-corrected chi connectivity index (χ4v) is 4.58. The predicted molar refractivity (Wildman–Crippen MR) is 154 cm³/mol. The van der Waals surface area contributed by atoms with Crippen molar-refractivity contribution in [2.24, 2.45) is 5.92 Å². The van der Waals surface area contributed by atoms with E-state index in [1.165, 1.54) is 4.90 Å². The number of aliphatic hydroxyl groups excluding tert-OH is 1. The van der Waals surface area contributed by atoms with Gasteiger partial charge < -0.3 is 40.1 Å². The van der Waals surface area contributed by atoms with Crippen LogP contribution in [0, 0.1) is 19.8 Å². The highest BCUT2D eigenvalue weighted by atomic mass is 16.5. The maximum atomic E-state index is 13.7. The summed E-state index contributed by atoms with van der Waals surface area (Å²) in [5.74, 6) is 0.0995. The molecule has 4 rings (SSSR count). The third-order valence-corrected chi connectivity index (χ3v) is 7.04. The van der Waals surface area contributed by atoms with Crippen LogP contribution in [0.4, 0.5) is 26.7 Å². The number of ether oxygens (including phenoxy) is 1. The van der Waals surface area contributed by atoms with Crippen LogP contribution in [0.3, 0.4) is 0 Å². The van der Waals surface area contributed by atoms with Gasteiger partial charge in [0.2, 0.25) is 0 Å². The highest BCUT2D eigenvalue weighted by Gasteiger charge is 2.35. The van der Waals surface area contributed by atoms with Gasteiger partial charge in [-0.25, -0.2) is 9.59 Å². The molecule has 0 bridgehead atoms. The average Bonchev–Trinajstić information content (AvgIpc) is 3.27. The van der Waals surface area contributed by atoms with Crippen molar-refractivity contribution in [3.63, 3.8) is 0 Å². The zero-order valence-corrected chi connectivity index (χ0v) is 23.8.